The Bertz CT molecular complexity index is 208. The molecule has 0 fully saturated rings. The third-order valence-corrected chi connectivity index (χ3v) is 2.54. The Morgan fingerprint density at radius 1 is 1.35 bits per heavy atom. The number of hydrogen-bond acceptors (Lipinski definition) is 3. The molecule has 0 bridgehead atoms. The van der Waals surface area contributed by atoms with Crippen LogP contribution in [0.2, 0.25) is 0 Å². The van der Waals surface area contributed by atoms with Crippen LogP contribution >= 0.6 is 0 Å². The Morgan fingerprint density at radius 3 is 2.47 bits per heavy atom. The molecule has 0 saturated carbocycles. The van der Waals surface area contributed by atoms with E-state index in [4.69, 9.17) is 4.74 Å². The Morgan fingerprint density at radius 2 is 2.00 bits per heavy atom. The van der Waals surface area contributed by atoms with Crippen molar-refractivity contribution in [3.05, 3.63) is 0 Å². The standard InChI is InChI=1S/C13H28N2O2/c1-6-14-12(4)9-13(16)15(7-8-17-5)10-11(2)3/h11-12,14H,6-10H2,1-5H3. The SMILES string of the molecule is CCNC(C)CC(=O)N(CCOC)CC(C)C. The summed E-state index contributed by atoms with van der Waals surface area (Å²) in [6.07, 6.45) is 0.560. The van der Waals surface area contributed by atoms with Gasteiger partial charge in [-0.05, 0) is 19.4 Å². The second kappa shape index (κ2) is 9.42. The Balaban J connectivity index is 4.20. The summed E-state index contributed by atoms with van der Waals surface area (Å²) in [7, 11) is 1.67. The van der Waals surface area contributed by atoms with Crippen molar-refractivity contribution in [1.29, 1.82) is 0 Å². The van der Waals surface area contributed by atoms with E-state index in [-0.39, 0.29) is 11.9 Å². The van der Waals surface area contributed by atoms with E-state index in [0.29, 0.717) is 25.5 Å². The number of ether oxygens (including phenoxy) is 1. The number of hydrogen-bond donors (Lipinski definition) is 1. The largest absolute Gasteiger partial charge is 0.383 e. The molecule has 4 nitrogen and oxygen atoms in total. The Labute approximate surface area is 106 Å². The van der Waals surface area contributed by atoms with Crippen molar-refractivity contribution in [2.24, 2.45) is 5.92 Å². The fourth-order valence-electron chi connectivity index (χ4n) is 1.77. The molecule has 1 atom stereocenters. The van der Waals surface area contributed by atoms with Gasteiger partial charge in [-0.2, -0.15) is 0 Å². The van der Waals surface area contributed by atoms with Crippen molar-refractivity contribution in [3.8, 4) is 0 Å². The molecule has 0 radical (unpaired) electrons. The summed E-state index contributed by atoms with van der Waals surface area (Å²) < 4.78 is 5.05. The molecule has 1 amide bonds. The fraction of sp³-hybridized carbons (Fsp3) is 0.923. The van der Waals surface area contributed by atoms with Gasteiger partial charge in [0.2, 0.25) is 5.91 Å². The number of carbonyl (C=O) groups excluding carboxylic acids is 1. The average molecular weight is 244 g/mol. The molecular weight excluding hydrogens is 216 g/mol. The van der Waals surface area contributed by atoms with Gasteiger partial charge in [0.05, 0.1) is 6.61 Å². The van der Waals surface area contributed by atoms with Gasteiger partial charge in [-0.3, -0.25) is 4.79 Å². The van der Waals surface area contributed by atoms with Gasteiger partial charge in [0, 0.05) is 32.7 Å². The van der Waals surface area contributed by atoms with E-state index in [2.05, 4.69) is 26.1 Å². The number of methoxy groups -OCH3 is 1. The Hall–Kier alpha value is -0.610. The third-order valence-electron chi connectivity index (χ3n) is 2.54. The first-order valence-corrected chi connectivity index (χ1v) is 6.51. The van der Waals surface area contributed by atoms with Crippen LogP contribution < -0.4 is 5.32 Å². The fourth-order valence-corrected chi connectivity index (χ4v) is 1.77. The molecule has 1 N–H and O–H groups in total. The molecule has 0 aliphatic heterocycles. The molecular formula is C13H28N2O2. The lowest BCUT2D eigenvalue weighted by Gasteiger charge is -2.26. The number of nitrogens with one attached hydrogen (secondary N) is 1. The van der Waals surface area contributed by atoms with Crippen molar-refractivity contribution in [1.82, 2.24) is 10.2 Å². The zero-order valence-electron chi connectivity index (χ0n) is 12.0. The van der Waals surface area contributed by atoms with Gasteiger partial charge in [-0.15, -0.1) is 0 Å². The summed E-state index contributed by atoms with van der Waals surface area (Å²) >= 11 is 0. The van der Waals surface area contributed by atoms with Crippen molar-refractivity contribution in [3.63, 3.8) is 0 Å². The van der Waals surface area contributed by atoms with Crippen LogP contribution in [0.4, 0.5) is 0 Å². The van der Waals surface area contributed by atoms with Crippen molar-refractivity contribution in [2.45, 2.75) is 40.2 Å². The highest BCUT2D eigenvalue weighted by atomic mass is 16.5. The molecule has 0 saturated heterocycles. The van der Waals surface area contributed by atoms with Crippen LogP contribution in [0, 0.1) is 5.92 Å². The number of amides is 1. The highest BCUT2D eigenvalue weighted by Crippen LogP contribution is 2.03. The van der Waals surface area contributed by atoms with Gasteiger partial charge in [0.25, 0.3) is 0 Å². The molecule has 17 heavy (non-hydrogen) atoms. The molecule has 0 aromatic heterocycles. The Kier molecular flexibility index (Phi) is 9.09. The average Bonchev–Trinajstić information content (AvgIpc) is 2.23. The zero-order valence-corrected chi connectivity index (χ0v) is 12.0. The van der Waals surface area contributed by atoms with Crippen LogP contribution in [-0.2, 0) is 9.53 Å². The second-order valence-corrected chi connectivity index (χ2v) is 4.89. The highest BCUT2D eigenvalue weighted by Gasteiger charge is 2.16. The van der Waals surface area contributed by atoms with Crippen LogP contribution in [0.25, 0.3) is 0 Å². The molecule has 0 aromatic rings. The third kappa shape index (κ3) is 8.16. The predicted molar refractivity (Wildman–Crippen MR) is 71.0 cm³/mol. The van der Waals surface area contributed by atoms with E-state index < -0.39 is 0 Å². The van der Waals surface area contributed by atoms with Crippen molar-refractivity contribution in [2.75, 3.05) is 33.4 Å². The van der Waals surface area contributed by atoms with E-state index in [1.165, 1.54) is 0 Å². The van der Waals surface area contributed by atoms with Crippen molar-refractivity contribution >= 4 is 5.91 Å². The van der Waals surface area contributed by atoms with E-state index in [1.54, 1.807) is 7.11 Å². The van der Waals surface area contributed by atoms with Gasteiger partial charge in [0.1, 0.15) is 0 Å². The summed E-state index contributed by atoms with van der Waals surface area (Å²) in [4.78, 5) is 14.0. The first kappa shape index (κ1) is 16.4. The van der Waals surface area contributed by atoms with Crippen LogP contribution in [0.3, 0.4) is 0 Å². The van der Waals surface area contributed by atoms with E-state index in [9.17, 15) is 4.79 Å². The maximum absolute atomic E-state index is 12.1. The molecule has 0 heterocycles. The lowest BCUT2D eigenvalue weighted by Crippen LogP contribution is -2.40. The minimum Gasteiger partial charge on any atom is -0.383 e. The lowest BCUT2D eigenvalue weighted by molar-refractivity contribution is -0.132. The van der Waals surface area contributed by atoms with Crippen LogP contribution in [0.15, 0.2) is 0 Å². The maximum atomic E-state index is 12.1. The number of carbonyl (C=O) groups is 1. The number of nitrogens with zero attached hydrogens (tertiary/aromatic N) is 1. The van der Waals surface area contributed by atoms with Crippen LogP contribution in [0.1, 0.15) is 34.1 Å². The minimum atomic E-state index is 0.212. The predicted octanol–water partition coefficient (Wildman–Crippen LogP) is 1.51. The van der Waals surface area contributed by atoms with Gasteiger partial charge in [-0.1, -0.05) is 20.8 Å². The summed E-state index contributed by atoms with van der Waals surface area (Å²) in [6.45, 7) is 11.4. The molecule has 1 unspecified atom stereocenters. The summed E-state index contributed by atoms with van der Waals surface area (Å²) in [5.41, 5.74) is 0. The minimum absolute atomic E-state index is 0.212. The molecule has 4 heteroatoms. The molecule has 0 aromatic carbocycles. The smallest absolute Gasteiger partial charge is 0.224 e. The van der Waals surface area contributed by atoms with Gasteiger partial charge in [-0.25, -0.2) is 0 Å². The highest BCUT2D eigenvalue weighted by molar-refractivity contribution is 5.76. The van der Waals surface area contributed by atoms with Gasteiger partial charge in [0.15, 0.2) is 0 Å². The van der Waals surface area contributed by atoms with Gasteiger partial charge >= 0.3 is 0 Å². The lowest BCUT2D eigenvalue weighted by atomic mass is 10.1. The maximum Gasteiger partial charge on any atom is 0.224 e. The van der Waals surface area contributed by atoms with E-state index >= 15 is 0 Å². The number of rotatable bonds is 9. The second-order valence-electron chi connectivity index (χ2n) is 4.89. The van der Waals surface area contributed by atoms with Crippen molar-refractivity contribution < 1.29 is 9.53 Å². The first-order valence-electron chi connectivity index (χ1n) is 6.51. The molecule has 0 aliphatic rings. The monoisotopic (exact) mass is 244 g/mol. The van der Waals surface area contributed by atoms with Gasteiger partial charge < -0.3 is 15.0 Å². The molecule has 0 aliphatic carbocycles. The van der Waals surface area contributed by atoms with Crippen LogP contribution in [-0.4, -0.2) is 50.2 Å². The topological polar surface area (TPSA) is 41.6 Å². The normalized spacial score (nSPS) is 12.8. The molecule has 0 spiro atoms. The van der Waals surface area contributed by atoms with E-state index in [1.807, 2.05) is 11.8 Å². The summed E-state index contributed by atoms with van der Waals surface area (Å²) in [6, 6.07) is 0.240. The van der Waals surface area contributed by atoms with E-state index in [0.717, 1.165) is 13.1 Å². The van der Waals surface area contributed by atoms with Crippen LogP contribution in [0.5, 0.6) is 0 Å². The summed E-state index contributed by atoms with van der Waals surface area (Å²) in [5, 5.41) is 3.26. The summed E-state index contributed by atoms with van der Waals surface area (Å²) in [5.74, 6) is 0.703. The zero-order chi connectivity index (χ0) is 13.3. The molecule has 0 rings (SSSR count). The molecule has 102 valence electrons. The quantitative estimate of drug-likeness (QED) is 0.668. The first-order chi connectivity index (χ1) is 8.01.